The van der Waals surface area contributed by atoms with Crippen molar-refractivity contribution < 1.29 is 106 Å². The van der Waals surface area contributed by atoms with Crippen LogP contribution in [0.2, 0.25) is 0 Å². The van der Waals surface area contributed by atoms with Gasteiger partial charge in [-0.05, 0) is 6.92 Å². The molecular formula is C9H11BNO2UY2-. The molecule has 1 unspecified atom stereocenters. The van der Waals surface area contributed by atoms with Crippen LogP contribution in [0.15, 0.2) is 12.2 Å². The van der Waals surface area contributed by atoms with Gasteiger partial charge < -0.3 is 6.92 Å². The zero-order chi connectivity index (χ0) is 10.1. The summed E-state index contributed by atoms with van der Waals surface area (Å²) in [4.78, 5) is 23.5. The Morgan fingerprint density at radius 2 is 1.69 bits per heavy atom. The van der Waals surface area contributed by atoms with Gasteiger partial charge in [-0.2, -0.15) is 6.42 Å². The monoisotopic (exact) mass is 592 g/mol. The number of hydrogen-bond donors (Lipinski definition) is 0. The molecule has 0 spiro atoms. The van der Waals surface area contributed by atoms with Crippen LogP contribution in [0, 0.1) is 38.0 Å². The van der Waals surface area contributed by atoms with Crippen molar-refractivity contribution in [1.29, 1.82) is 0 Å². The van der Waals surface area contributed by atoms with Gasteiger partial charge in [0.25, 0.3) is 11.8 Å². The maximum Gasteiger partial charge on any atom is 0.253 e. The molecule has 0 aliphatic carbocycles. The Bertz CT molecular complexity index is 267. The van der Waals surface area contributed by atoms with Crippen molar-refractivity contribution >= 4 is 19.7 Å². The van der Waals surface area contributed by atoms with Crippen LogP contribution in [0.1, 0.15) is 19.8 Å². The van der Waals surface area contributed by atoms with E-state index in [9.17, 15) is 9.59 Å². The van der Waals surface area contributed by atoms with Gasteiger partial charge in [0.15, 0.2) is 0 Å². The Balaban J connectivity index is -0.000000563. The Kier molecular flexibility index (Phi) is 14.6. The Morgan fingerprint density at radius 1 is 1.31 bits per heavy atom. The fourth-order valence-electron chi connectivity index (χ4n) is 1.37. The summed E-state index contributed by atoms with van der Waals surface area (Å²) in [7, 11) is 5.82. The SMILES string of the molecule is [B]C(C)(CC[CH2-])N1C(=O)C=CC1=O.[U].[Y].[Y]. The molecule has 78 valence electrons. The van der Waals surface area contributed by atoms with Crippen LogP contribution in [0.4, 0.5) is 0 Å². The first-order valence-electron chi connectivity index (χ1n) is 4.13. The second-order valence-electron chi connectivity index (χ2n) is 3.31. The third-order valence-electron chi connectivity index (χ3n) is 2.00. The van der Waals surface area contributed by atoms with Crippen molar-refractivity contribution in [2.45, 2.75) is 25.2 Å². The molecule has 7 heteroatoms. The Hall–Kier alpha value is 2.20. The van der Waals surface area contributed by atoms with Gasteiger partial charge in [0, 0.05) is 114 Å². The predicted molar refractivity (Wildman–Crippen MR) is 49.7 cm³/mol. The van der Waals surface area contributed by atoms with Gasteiger partial charge in [0.2, 0.25) is 0 Å². The van der Waals surface area contributed by atoms with Crippen LogP contribution in [0.3, 0.4) is 0 Å². The van der Waals surface area contributed by atoms with Gasteiger partial charge in [-0.1, -0.05) is 6.42 Å². The standard InChI is InChI=1S/C9H11BNO2.U.2Y/c1-3-6-9(2,10)11-7(12)4-5-8(11)13;;;/h4-5H,1,3,6H2,2H3;;;/q-1;;;. The van der Waals surface area contributed by atoms with Gasteiger partial charge in [0.1, 0.15) is 7.85 Å². The van der Waals surface area contributed by atoms with Crippen molar-refractivity contribution in [2.75, 3.05) is 0 Å². The molecule has 2 amide bonds. The number of hydrogen-bond acceptors (Lipinski definition) is 2. The maximum absolute atomic E-state index is 11.2. The molecule has 3 nitrogen and oxygen atoms in total. The summed E-state index contributed by atoms with van der Waals surface area (Å²) in [5, 5.41) is 0. The summed E-state index contributed by atoms with van der Waals surface area (Å²) >= 11 is 0. The van der Waals surface area contributed by atoms with Gasteiger partial charge in [-0.15, -0.1) is 0 Å². The minimum atomic E-state index is -0.917. The molecule has 0 bridgehead atoms. The van der Waals surface area contributed by atoms with Gasteiger partial charge in [-0.3, -0.25) is 14.5 Å². The minimum Gasteiger partial charge on any atom is -0.343 e. The minimum absolute atomic E-state index is 0. The molecule has 0 saturated carbocycles. The van der Waals surface area contributed by atoms with E-state index >= 15 is 0 Å². The van der Waals surface area contributed by atoms with E-state index in [2.05, 4.69) is 6.92 Å². The molecule has 0 saturated heterocycles. The third kappa shape index (κ3) is 5.90. The first-order valence-corrected chi connectivity index (χ1v) is 4.13. The molecule has 0 fully saturated rings. The molecule has 1 rings (SSSR count). The van der Waals surface area contributed by atoms with E-state index in [-0.39, 0.29) is 108 Å². The summed E-state index contributed by atoms with van der Waals surface area (Å²) in [5.74, 6) is -0.688. The van der Waals surface area contributed by atoms with Crippen LogP contribution in [-0.4, -0.2) is 30.0 Å². The summed E-state index contributed by atoms with van der Waals surface area (Å²) in [5.41, 5.74) is -0.917. The fraction of sp³-hybridized carbons (Fsp3) is 0.444. The Morgan fingerprint density at radius 3 is 2.00 bits per heavy atom. The van der Waals surface area contributed by atoms with Gasteiger partial charge >= 0.3 is 0 Å². The molecule has 1 aliphatic heterocycles. The molecular weight excluding hydrogens is 581 g/mol. The molecule has 1 atom stereocenters. The maximum atomic E-state index is 11.2. The van der Waals surface area contributed by atoms with Gasteiger partial charge in [0.05, 0.1) is 0 Å². The Labute approximate surface area is 172 Å². The molecule has 4 radical (unpaired) electrons. The second-order valence-corrected chi connectivity index (χ2v) is 3.31. The number of rotatable bonds is 3. The molecule has 0 N–H and O–H groups in total. The van der Waals surface area contributed by atoms with Gasteiger partial charge in [-0.25, -0.2) is 0 Å². The predicted octanol–water partition coefficient (Wildman–Crippen LogP) is 0.405. The largest absolute Gasteiger partial charge is 0.343 e. The van der Waals surface area contributed by atoms with E-state index in [0.717, 1.165) is 4.90 Å². The molecule has 1 aliphatic rings. The van der Waals surface area contributed by atoms with Crippen molar-refractivity contribution in [1.82, 2.24) is 4.90 Å². The summed E-state index contributed by atoms with van der Waals surface area (Å²) in [6.45, 7) is 5.30. The average molecular weight is 592 g/mol. The molecule has 16 heavy (non-hydrogen) atoms. The van der Waals surface area contributed by atoms with E-state index in [1.807, 2.05) is 0 Å². The van der Waals surface area contributed by atoms with E-state index in [1.54, 1.807) is 6.92 Å². The number of nitrogens with zero attached hydrogens (tertiary/aromatic N) is 1. The van der Waals surface area contributed by atoms with E-state index < -0.39 is 5.44 Å². The third-order valence-corrected chi connectivity index (χ3v) is 2.00. The normalized spacial score (nSPS) is 17.0. The van der Waals surface area contributed by atoms with Crippen molar-refractivity contribution in [3.05, 3.63) is 19.1 Å². The molecule has 1 heterocycles. The topological polar surface area (TPSA) is 37.4 Å². The molecule has 0 aromatic heterocycles. The van der Waals surface area contributed by atoms with Crippen molar-refractivity contribution in [3.63, 3.8) is 0 Å². The molecule has 0 aromatic rings. The van der Waals surface area contributed by atoms with E-state index in [1.165, 1.54) is 12.2 Å². The van der Waals surface area contributed by atoms with E-state index in [4.69, 9.17) is 7.85 Å². The summed E-state index contributed by atoms with van der Waals surface area (Å²) in [6.07, 6.45) is 3.56. The first-order chi connectivity index (χ1) is 5.99. The zero-order valence-electron chi connectivity index (χ0n) is 9.27. The van der Waals surface area contributed by atoms with Crippen LogP contribution in [0.25, 0.3) is 0 Å². The van der Waals surface area contributed by atoms with Crippen molar-refractivity contribution in [3.8, 4) is 0 Å². The van der Waals surface area contributed by atoms with Crippen LogP contribution >= 0.6 is 0 Å². The quantitative estimate of drug-likeness (QED) is 0.271. The van der Waals surface area contributed by atoms with Crippen LogP contribution in [-0.2, 0) is 75.0 Å². The smallest absolute Gasteiger partial charge is 0.253 e. The zero-order valence-corrected chi connectivity index (χ0v) is 19.1. The summed E-state index contributed by atoms with van der Waals surface area (Å²) < 4.78 is 0. The van der Waals surface area contributed by atoms with Crippen molar-refractivity contribution in [2.24, 2.45) is 0 Å². The number of carbonyl (C=O) groups is 2. The molecule has 0 aromatic carbocycles. The van der Waals surface area contributed by atoms with Crippen LogP contribution < -0.4 is 0 Å². The second kappa shape index (κ2) is 10.0. The van der Waals surface area contributed by atoms with E-state index in [0.29, 0.717) is 12.8 Å². The summed E-state index contributed by atoms with van der Waals surface area (Å²) in [6, 6.07) is 0. The average Bonchev–Trinajstić information content (AvgIpc) is 2.31. The van der Waals surface area contributed by atoms with Crippen LogP contribution in [0.5, 0.6) is 0 Å². The number of amides is 2. The number of imide groups is 1. The number of carbonyl (C=O) groups excluding carboxylic acids is 2. The first kappa shape index (κ1) is 23.3. The fourth-order valence-corrected chi connectivity index (χ4v) is 1.37.